The number of aryl methyl sites for hydroxylation is 6. The predicted octanol–water partition coefficient (Wildman–Crippen LogP) is 5.88. The Morgan fingerprint density at radius 2 is 0.984 bits per heavy atom. The number of amides is 4. The topological polar surface area (TPSA) is 125 Å². The lowest BCUT2D eigenvalue weighted by molar-refractivity contribution is -0.697. The van der Waals surface area contributed by atoms with Crippen LogP contribution in [-0.2, 0) is 40.3 Å². The minimum absolute atomic E-state index is 0.210. The number of imide groups is 2. The van der Waals surface area contributed by atoms with Gasteiger partial charge < -0.3 is 10.6 Å². The maximum Gasteiger partial charge on any atom is 0.261 e. The van der Waals surface area contributed by atoms with Crippen molar-refractivity contribution in [1.29, 1.82) is 0 Å². The Morgan fingerprint density at radius 3 is 1.55 bits per heavy atom. The summed E-state index contributed by atoms with van der Waals surface area (Å²) in [6, 6.07) is 19.1. The van der Waals surface area contributed by atoms with Crippen LogP contribution in [0.5, 0.6) is 0 Å². The van der Waals surface area contributed by atoms with E-state index in [1.807, 2.05) is 109 Å². The number of nitrogens with zero attached hydrogens (tertiary/aromatic N) is 8. The van der Waals surface area contributed by atoms with E-state index in [1.54, 1.807) is 0 Å². The van der Waals surface area contributed by atoms with Crippen molar-refractivity contribution >= 4 is 56.5 Å². The van der Waals surface area contributed by atoms with Crippen molar-refractivity contribution in [3.8, 4) is 0 Å². The third kappa shape index (κ3) is 8.77. The normalized spacial score (nSPS) is 13.5. The van der Waals surface area contributed by atoms with Gasteiger partial charge in [0.2, 0.25) is 19.0 Å². The molecule has 0 fully saturated rings. The van der Waals surface area contributed by atoms with Gasteiger partial charge in [-0.05, 0) is 55.7 Å². The number of aromatic nitrogens is 6. The van der Waals surface area contributed by atoms with Crippen molar-refractivity contribution in [3.05, 3.63) is 139 Å². The summed E-state index contributed by atoms with van der Waals surface area (Å²) in [5.74, 6) is -0.889. The van der Waals surface area contributed by atoms with E-state index in [-0.39, 0.29) is 23.6 Å². The summed E-state index contributed by atoms with van der Waals surface area (Å²) in [7, 11) is 3.98. The fraction of sp³-hybridized carbons (Fsp3) is 0.340. The number of nitrogens with one attached hydrogen (secondary N) is 2. The summed E-state index contributed by atoms with van der Waals surface area (Å²) in [5, 5.41) is 10.4. The first-order valence-electron chi connectivity index (χ1n) is 22.6. The van der Waals surface area contributed by atoms with E-state index in [9.17, 15) is 19.2 Å². The smallest absolute Gasteiger partial charge is 0.261 e. The van der Waals surface area contributed by atoms with Crippen LogP contribution < -0.4 is 24.3 Å². The lowest BCUT2D eigenvalue weighted by Gasteiger charge is -2.28. The number of unbranched alkanes of at least 4 members (excludes halogenated alkanes) is 3. The average molecular weight is 862 g/mol. The summed E-state index contributed by atoms with van der Waals surface area (Å²) in [5.41, 5.74) is 4.19. The van der Waals surface area contributed by atoms with Gasteiger partial charge in [-0.2, -0.15) is 0 Å². The van der Waals surface area contributed by atoms with Gasteiger partial charge in [0.25, 0.3) is 23.6 Å². The highest BCUT2D eigenvalue weighted by Crippen LogP contribution is 2.36. The first-order valence-corrected chi connectivity index (χ1v) is 22.6. The van der Waals surface area contributed by atoms with Crippen molar-refractivity contribution in [2.45, 2.75) is 71.1 Å². The fourth-order valence-corrected chi connectivity index (χ4v) is 9.28. The highest BCUT2D eigenvalue weighted by molar-refractivity contribution is 6.27. The van der Waals surface area contributed by atoms with Gasteiger partial charge in [0.15, 0.2) is 0 Å². The fourth-order valence-electron chi connectivity index (χ4n) is 9.28. The van der Waals surface area contributed by atoms with Gasteiger partial charge >= 0.3 is 0 Å². The van der Waals surface area contributed by atoms with Crippen LogP contribution in [-0.4, -0.2) is 73.3 Å². The second-order valence-electron chi connectivity index (χ2n) is 17.2. The maximum atomic E-state index is 13.6. The molecule has 2 aliphatic rings. The van der Waals surface area contributed by atoms with Gasteiger partial charge in [-0.15, -0.1) is 0 Å². The Morgan fingerprint density at radius 1 is 0.484 bits per heavy atom. The van der Waals surface area contributed by atoms with Crippen LogP contribution in [0.25, 0.3) is 21.5 Å². The quantitative estimate of drug-likeness (QED) is 0.0529. The minimum atomic E-state index is -0.234. The van der Waals surface area contributed by atoms with Gasteiger partial charge in [-0.3, -0.25) is 29.0 Å². The molecule has 0 atom stereocenters. The molecule has 5 heterocycles. The third-order valence-corrected chi connectivity index (χ3v) is 12.5. The Labute approximate surface area is 372 Å². The second-order valence-corrected chi connectivity index (χ2v) is 17.2. The van der Waals surface area contributed by atoms with Gasteiger partial charge in [-0.1, -0.05) is 30.7 Å². The van der Waals surface area contributed by atoms with Crippen molar-refractivity contribution in [2.24, 2.45) is 14.1 Å². The minimum Gasteiger partial charge on any atom is -0.384 e. The highest BCUT2D eigenvalue weighted by Gasteiger charge is 2.34. The summed E-state index contributed by atoms with van der Waals surface area (Å²) in [6.45, 7) is 5.65. The van der Waals surface area contributed by atoms with Crippen LogP contribution in [0.4, 0.5) is 11.4 Å². The Hall–Kier alpha value is -7.09. The zero-order chi connectivity index (χ0) is 44.2. The summed E-state index contributed by atoms with van der Waals surface area (Å²) < 4.78 is 12.6. The molecule has 64 heavy (non-hydrogen) atoms. The second kappa shape index (κ2) is 18.7. The Kier molecular flexibility index (Phi) is 12.3. The number of hydrogen-bond acceptors (Lipinski definition) is 6. The van der Waals surface area contributed by atoms with Crippen LogP contribution in [0.2, 0.25) is 0 Å². The lowest BCUT2D eigenvalue weighted by atomic mass is 9.92. The molecular weight excluding hydrogens is 805 g/mol. The monoisotopic (exact) mass is 861 g/mol. The summed E-state index contributed by atoms with van der Waals surface area (Å²) in [6.07, 6.45) is 24.6. The first-order chi connectivity index (χ1) is 31.2. The lowest BCUT2D eigenvalue weighted by Crippen LogP contribution is -2.42. The molecule has 0 spiro atoms. The number of carbonyl (C=O) groups excluding carboxylic acids is 4. The van der Waals surface area contributed by atoms with E-state index in [0.29, 0.717) is 41.8 Å². The van der Waals surface area contributed by atoms with E-state index in [1.165, 1.54) is 9.80 Å². The molecule has 7 aromatic rings. The molecule has 2 aliphatic heterocycles. The molecule has 4 aromatic carbocycles. The van der Waals surface area contributed by atoms with Crippen LogP contribution in [0.1, 0.15) is 86.4 Å². The molecule has 3 aromatic heterocycles. The van der Waals surface area contributed by atoms with Crippen LogP contribution in [0.3, 0.4) is 0 Å². The van der Waals surface area contributed by atoms with E-state index >= 15 is 0 Å². The van der Waals surface area contributed by atoms with Crippen LogP contribution >= 0.6 is 0 Å². The molecule has 14 heteroatoms. The molecule has 0 saturated heterocycles. The predicted molar refractivity (Wildman–Crippen MR) is 244 cm³/mol. The van der Waals surface area contributed by atoms with Crippen molar-refractivity contribution in [3.63, 3.8) is 0 Å². The molecule has 0 unspecified atom stereocenters. The van der Waals surface area contributed by atoms with Gasteiger partial charge in [0.05, 0.1) is 40.3 Å². The number of anilines is 2. The third-order valence-electron chi connectivity index (χ3n) is 12.5. The molecule has 9 rings (SSSR count). The van der Waals surface area contributed by atoms with Gasteiger partial charge in [0.1, 0.15) is 37.2 Å². The zero-order valence-corrected chi connectivity index (χ0v) is 36.8. The largest absolute Gasteiger partial charge is 0.384 e. The van der Waals surface area contributed by atoms with Gasteiger partial charge in [-0.25, -0.2) is 27.4 Å². The number of hydrogen-bond donors (Lipinski definition) is 2. The first kappa shape index (κ1) is 42.2. The molecule has 0 aliphatic carbocycles. The Bertz CT molecular complexity index is 2830. The number of benzene rings is 4. The molecule has 4 amide bonds. The van der Waals surface area contributed by atoms with Crippen LogP contribution in [0.15, 0.2) is 117 Å². The van der Waals surface area contributed by atoms with Crippen molar-refractivity contribution in [1.82, 2.24) is 23.5 Å². The maximum absolute atomic E-state index is 13.6. The van der Waals surface area contributed by atoms with Crippen molar-refractivity contribution < 1.29 is 32.9 Å². The molecule has 14 nitrogen and oxygen atoms in total. The highest BCUT2D eigenvalue weighted by atomic mass is 16.2. The van der Waals surface area contributed by atoms with E-state index in [4.69, 9.17) is 0 Å². The Balaban J connectivity index is 0.700. The van der Waals surface area contributed by atoms with E-state index in [0.717, 1.165) is 111 Å². The molecule has 0 bridgehead atoms. The van der Waals surface area contributed by atoms with Crippen LogP contribution in [0, 0.1) is 0 Å². The van der Waals surface area contributed by atoms with E-state index in [2.05, 4.69) is 60.1 Å². The van der Waals surface area contributed by atoms with Crippen molar-refractivity contribution in [2.75, 3.05) is 36.8 Å². The number of carbonyl (C=O) groups is 4. The zero-order valence-electron chi connectivity index (χ0n) is 36.8. The summed E-state index contributed by atoms with van der Waals surface area (Å²) >= 11 is 0. The molecule has 2 N–H and O–H groups in total. The number of imidazole rings is 3. The molecule has 0 radical (unpaired) electrons. The standard InChI is InChI=1S/C50H55N10O4/c1-53-28-30-55(34-53)23-9-20-51-43-18-16-41-45-37(43)12-7-14-39(45)47(61)59(49(41)63)26-6-4-3-5-22-57-32-33-58(36-57)24-10-21-52-44-19-17-42-46-38(44)13-8-15-40(46)48(62)60(50(42)64)27-11-25-56-31-29-54(2)35-56/h7-8,12-19,28-36H,3-6,9-11,20-27H2,1-2H3/q+1/p+2. The molecular formula is C50H57N10O4+3. The summed E-state index contributed by atoms with van der Waals surface area (Å²) in [4.78, 5) is 57.2. The average Bonchev–Trinajstić information content (AvgIpc) is 4.06. The molecule has 328 valence electrons. The molecule has 0 saturated carbocycles. The van der Waals surface area contributed by atoms with Gasteiger partial charge in [0, 0.05) is 101 Å². The SMILES string of the molecule is Cn1cc[n+](CCCN2C(=O)c3cccc4c(NCCCn5cc[n+](CCCCCCN6C(=O)c7cccc8c(NCCCn9cc[n+](C)c9)ccc(c78)C6=O)c5)ccc(c34)C2=O)c1. The number of rotatable bonds is 21. The van der Waals surface area contributed by atoms with E-state index < -0.39 is 0 Å².